The Bertz CT molecular complexity index is 749. The van der Waals surface area contributed by atoms with Crippen molar-refractivity contribution in [3.8, 4) is 5.75 Å². The number of nitrogens with zero attached hydrogens (tertiary/aromatic N) is 1. The Kier molecular flexibility index (Phi) is 5.52. The molecule has 1 fully saturated rings. The van der Waals surface area contributed by atoms with Crippen LogP contribution in [0, 0.1) is 0 Å². The molecule has 6 heteroatoms. The average molecular weight is 363 g/mol. The molecule has 0 spiro atoms. The number of alkyl halides is 3. The topological polar surface area (TPSA) is 21.7 Å². The SMILES string of the molecule is COc1ccc(/C(=C(/N2CCOCC2)C(F)(F)F)c2ccccc2)cc1. The number of hydrogen-bond donors (Lipinski definition) is 0. The molecule has 1 aliphatic heterocycles. The number of hydrogen-bond acceptors (Lipinski definition) is 3. The molecule has 26 heavy (non-hydrogen) atoms. The number of methoxy groups -OCH3 is 1. The van der Waals surface area contributed by atoms with Crippen LogP contribution in [0.25, 0.3) is 5.57 Å². The summed E-state index contributed by atoms with van der Waals surface area (Å²) in [7, 11) is 1.53. The Morgan fingerprint density at radius 2 is 1.50 bits per heavy atom. The van der Waals surface area contributed by atoms with E-state index in [1.165, 1.54) is 12.0 Å². The van der Waals surface area contributed by atoms with Crippen LogP contribution in [0.1, 0.15) is 11.1 Å². The zero-order valence-corrected chi connectivity index (χ0v) is 14.4. The molecule has 2 aromatic carbocycles. The first-order chi connectivity index (χ1) is 12.5. The monoisotopic (exact) mass is 363 g/mol. The molecule has 3 nitrogen and oxygen atoms in total. The average Bonchev–Trinajstić information content (AvgIpc) is 2.66. The standard InChI is InChI=1S/C20H20F3NO2/c1-25-17-9-7-16(8-10-17)18(15-5-3-2-4-6-15)19(20(21,22)23)24-11-13-26-14-12-24/h2-10H,11-14H2,1H3/b19-18+. The smallest absolute Gasteiger partial charge is 0.431 e. The van der Waals surface area contributed by atoms with Gasteiger partial charge in [0.05, 0.1) is 20.3 Å². The predicted octanol–water partition coefficient (Wildman–Crippen LogP) is 4.35. The highest BCUT2D eigenvalue weighted by molar-refractivity contribution is 5.82. The van der Waals surface area contributed by atoms with Crippen molar-refractivity contribution >= 4 is 5.57 Å². The minimum atomic E-state index is -4.48. The summed E-state index contributed by atoms with van der Waals surface area (Å²) in [5, 5.41) is 0. The van der Waals surface area contributed by atoms with Gasteiger partial charge in [-0.1, -0.05) is 42.5 Å². The van der Waals surface area contributed by atoms with E-state index in [4.69, 9.17) is 9.47 Å². The molecule has 0 unspecified atom stereocenters. The largest absolute Gasteiger partial charge is 0.497 e. The van der Waals surface area contributed by atoms with E-state index in [0.717, 1.165) is 0 Å². The van der Waals surface area contributed by atoms with Crippen molar-refractivity contribution in [1.29, 1.82) is 0 Å². The second kappa shape index (κ2) is 7.83. The van der Waals surface area contributed by atoms with E-state index in [-0.39, 0.29) is 31.9 Å². The van der Waals surface area contributed by atoms with Crippen LogP contribution in [0.5, 0.6) is 5.75 Å². The zero-order chi connectivity index (χ0) is 18.6. The van der Waals surface area contributed by atoms with Crippen LogP contribution in [0.2, 0.25) is 0 Å². The zero-order valence-electron chi connectivity index (χ0n) is 14.4. The molecule has 0 N–H and O–H groups in total. The van der Waals surface area contributed by atoms with Gasteiger partial charge in [-0.15, -0.1) is 0 Å². The second-order valence-corrected chi connectivity index (χ2v) is 5.92. The molecule has 3 rings (SSSR count). The lowest BCUT2D eigenvalue weighted by atomic mass is 9.94. The van der Waals surface area contributed by atoms with Crippen LogP contribution in [-0.4, -0.2) is 44.5 Å². The number of ether oxygens (including phenoxy) is 2. The summed E-state index contributed by atoms with van der Waals surface area (Å²) >= 11 is 0. The lowest BCUT2D eigenvalue weighted by Gasteiger charge is -2.34. The Balaban J connectivity index is 2.22. The quantitative estimate of drug-likeness (QED) is 0.806. The fraction of sp³-hybridized carbons (Fsp3) is 0.300. The van der Waals surface area contributed by atoms with Gasteiger partial charge in [0.1, 0.15) is 11.4 Å². The van der Waals surface area contributed by atoms with Gasteiger partial charge in [0.25, 0.3) is 0 Å². The summed E-state index contributed by atoms with van der Waals surface area (Å²) in [4.78, 5) is 1.37. The van der Waals surface area contributed by atoms with Gasteiger partial charge >= 0.3 is 6.18 Å². The summed E-state index contributed by atoms with van der Waals surface area (Å²) < 4.78 is 52.7. The highest BCUT2D eigenvalue weighted by Gasteiger charge is 2.41. The second-order valence-electron chi connectivity index (χ2n) is 5.92. The molecule has 0 saturated carbocycles. The molecule has 2 aromatic rings. The van der Waals surface area contributed by atoms with Crippen molar-refractivity contribution in [3.63, 3.8) is 0 Å². The maximum absolute atomic E-state index is 14.1. The maximum Gasteiger partial charge on any atom is 0.431 e. The first-order valence-corrected chi connectivity index (χ1v) is 8.34. The molecule has 0 amide bonds. The summed E-state index contributed by atoms with van der Waals surface area (Å²) in [6.07, 6.45) is -4.48. The van der Waals surface area contributed by atoms with E-state index in [0.29, 0.717) is 16.9 Å². The molecule has 1 aliphatic rings. The first kappa shape index (κ1) is 18.3. The number of rotatable bonds is 4. The van der Waals surface area contributed by atoms with Gasteiger partial charge in [0.15, 0.2) is 0 Å². The van der Waals surface area contributed by atoms with Crippen molar-refractivity contribution in [1.82, 2.24) is 4.90 Å². The molecular weight excluding hydrogens is 343 g/mol. The van der Waals surface area contributed by atoms with E-state index in [2.05, 4.69) is 0 Å². The first-order valence-electron chi connectivity index (χ1n) is 8.34. The summed E-state index contributed by atoms with van der Waals surface area (Å²) in [5.74, 6) is 0.598. The summed E-state index contributed by atoms with van der Waals surface area (Å²) in [6, 6.07) is 15.3. The minimum absolute atomic E-state index is 0.169. The van der Waals surface area contributed by atoms with E-state index in [1.54, 1.807) is 54.6 Å². The highest BCUT2D eigenvalue weighted by atomic mass is 19.4. The summed E-state index contributed by atoms with van der Waals surface area (Å²) in [5.41, 5.74) is 0.562. The van der Waals surface area contributed by atoms with E-state index in [1.807, 2.05) is 0 Å². The third-order valence-electron chi connectivity index (χ3n) is 4.27. The molecule has 0 aliphatic carbocycles. The third kappa shape index (κ3) is 4.02. The van der Waals surface area contributed by atoms with Gasteiger partial charge in [-0.05, 0) is 23.3 Å². The van der Waals surface area contributed by atoms with E-state index in [9.17, 15) is 13.2 Å². The Hall–Kier alpha value is -2.47. The molecule has 0 radical (unpaired) electrons. The van der Waals surface area contributed by atoms with Gasteiger partial charge in [-0.3, -0.25) is 0 Å². The lowest BCUT2D eigenvalue weighted by Crippen LogP contribution is -2.41. The van der Waals surface area contributed by atoms with Gasteiger partial charge in [-0.25, -0.2) is 0 Å². The normalized spacial score (nSPS) is 16.2. The van der Waals surface area contributed by atoms with Crippen LogP contribution < -0.4 is 4.74 Å². The number of benzene rings is 2. The van der Waals surface area contributed by atoms with Gasteiger partial charge in [0, 0.05) is 18.7 Å². The van der Waals surface area contributed by atoms with Crippen LogP contribution in [0.3, 0.4) is 0 Å². The molecule has 0 atom stereocenters. The third-order valence-corrected chi connectivity index (χ3v) is 4.27. The maximum atomic E-state index is 14.1. The van der Waals surface area contributed by atoms with Crippen LogP contribution in [0.4, 0.5) is 13.2 Å². The van der Waals surface area contributed by atoms with E-state index >= 15 is 0 Å². The van der Waals surface area contributed by atoms with Crippen LogP contribution in [0.15, 0.2) is 60.3 Å². The Morgan fingerprint density at radius 3 is 2.04 bits per heavy atom. The van der Waals surface area contributed by atoms with Crippen molar-refractivity contribution in [2.45, 2.75) is 6.18 Å². The molecule has 0 bridgehead atoms. The highest BCUT2D eigenvalue weighted by Crippen LogP contribution is 2.39. The number of halogens is 3. The van der Waals surface area contributed by atoms with Gasteiger partial charge in [-0.2, -0.15) is 13.2 Å². The Labute approximate surface area is 150 Å². The summed E-state index contributed by atoms with van der Waals surface area (Å²) in [6.45, 7) is 0.983. The van der Waals surface area contributed by atoms with Gasteiger partial charge < -0.3 is 14.4 Å². The number of allylic oxidation sites excluding steroid dienone is 1. The fourth-order valence-corrected chi connectivity index (χ4v) is 3.07. The Morgan fingerprint density at radius 1 is 0.923 bits per heavy atom. The van der Waals surface area contributed by atoms with Crippen molar-refractivity contribution in [3.05, 3.63) is 71.4 Å². The van der Waals surface area contributed by atoms with Crippen LogP contribution in [-0.2, 0) is 4.74 Å². The minimum Gasteiger partial charge on any atom is -0.497 e. The molecular formula is C20H20F3NO2. The van der Waals surface area contributed by atoms with Crippen molar-refractivity contribution < 1.29 is 22.6 Å². The van der Waals surface area contributed by atoms with Gasteiger partial charge in [0.2, 0.25) is 0 Å². The van der Waals surface area contributed by atoms with Crippen molar-refractivity contribution in [2.75, 3.05) is 33.4 Å². The molecule has 1 heterocycles. The van der Waals surface area contributed by atoms with Crippen LogP contribution >= 0.6 is 0 Å². The molecule has 0 aromatic heterocycles. The lowest BCUT2D eigenvalue weighted by molar-refractivity contribution is -0.117. The molecule has 1 saturated heterocycles. The predicted molar refractivity (Wildman–Crippen MR) is 93.9 cm³/mol. The number of morpholine rings is 1. The fourth-order valence-electron chi connectivity index (χ4n) is 3.07. The van der Waals surface area contributed by atoms with Crippen molar-refractivity contribution in [2.24, 2.45) is 0 Å². The van der Waals surface area contributed by atoms with E-state index < -0.39 is 11.9 Å². The molecule has 138 valence electrons.